The van der Waals surface area contributed by atoms with Gasteiger partial charge in [-0.15, -0.1) is 11.3 Å². The SMILES string of the molecule is CC(C)CS(=O)(=O)N1CCC(c2cccs2)S(=O)(=O)CC1. The van der Waals surface area contributed by atoms with Gasteiger partial charge in [0.05, 0.1) is 16.8 Å². The molecule has 1 aliphatic heterocycles. The molecule has 2 heterocycles. The van der Waals surface area contributed by atoms with Crippen LogP contribution < -0.4 is 0 Å². The van der Waals surface area contributed by atoms with Gasteiger partial charge in [-0.2, -0.15) is 0 Å². The summed E-state index contributed by atoms with van der Waals surface area (Å²) < 4.78 is 50.7. The van der Waals surface area contributed by atoms with Crippen LogP contribution in [0.2, 0.25) is 0 Å². The van der Waals surface area contributed by atoms with Gasteiger partial charge in [0.2, 0.25) is 10.0 Å². The summed E-state index contributed by atoms with van der Waals surface area (Å²) in [5, 5.41) is 1.28. The minimum Gasteiger partial charge on any atom is -0.228 e. The van der Waals surface area contributed by atoms with Gasteiger partial charge >= 0.3 is 0 Å². The van der Waals surface area contributed by atoms with E-state index in [2.05, 4.69) is 0 Å². The quantitative estimate of drug-likeness (QED) is 0.830. The van der Waals surface area contributed by atoms with Gasteiger partial charge in [-0.1, -0.05) is 19.9 Å². The Hall–Kier alpha value is -0.440. The van der Waals surface area contributed by atoms with E-state index in [1.165, 1.54) is 15.6 Å². The van der Waals surface area contributed by atoms with Crippen molar-refractivity contribution in [3.8, 4) is 0 Å². The van der Waals surface area contributed by atoms with Crippen LogP contribution in [0.5, 0.6) is 0 Å². The summed E-state index contributed by atoms with van der Waals surface area (Å²) in [6.07, 6.45) is 0.334. The predicted octanol–water partition coefficient (Wildman–Crippen LogP) is 1.90. The number of rotatable bonds is 4. The zero-order chi connectivity index (χ0) is 15.7. The molecular formula is C13H21NO4S3. The van der Waals surface area contributed by atoms with Crippen LogP contribution in [-0.2, 0) is 19.9 Å². The Morgan fingerprint density at radius 3 is 2.67 bits per heavy atom. The standard InChI is InChI=1S/C13H21NO4S3/c1-11(2)10-21(17,18)14-6-5-13(12-4-3-8-19-12)20(15,16)9-7-14/h3-4,8,11,13H,5-7,9-10H2,1-2H3. The Bertz CT molecular complexity index is 662. The molecule has 0 aliphatic carbocycles. The first-order valence-corrected chi connectivity index (χ1v) is 11.2. The fraction of sp³-hybridized carbons (Fsp3) is 0.692. The highest BCUT2D eigenvalue weighted by Crippen LogP contribution is 2.33. The van der Waals surface area contributed by atoms with E-state index in [-0.39, 0.29) is 30.5 Å². The fourth-order valence-electron chi connectivity index (χ4n) is 2.52. The molecular weight excluding hydrogens is 330 g/mol. The van der Waals surface area contributed by atoms with Crippen LogP contribution in [-0.4, -0.2) is 45.7 Å². The van der Waals surface area contributed by atoms with Crippen LogP contribution >= 0.6 is 11.3 Å². The molecule has 1 saturated heterocycles. The molecule has 0 spiro atoms. The van der Waals surface area contributed by atoms with Crippen LogP contribution in [0.15, 0.2) is 17.5 Å². The molecule has 1 unspecified atom stereocenters. The highest BCUT2D eigenvalue weighted by molar-refractivity contribution is 7.92. The van der Waals surface area contributed by atoms with E-state index in [0.29, 0.717) is 6.42 Å². The first kappa shape index (κ1) is 16.9. The van der Waals surface area contributed by atoms with Crippen molar-refractivity contribution in [1.82, 2.24) is 4.31 Å². The van der Waals surface area contributed by atoms with Crippen molar-refractivity contribution >= 4 is 31.2 Å². The van der Waals surface area contributed by atoms with E-state index in [1.807, 2.05) is 31.4 Å². The molecule has 1 atom stereocenters. The van der Waals surface area contributed by atoms with Crippen LogP contribution in [0.1, 0.15) is 30.4 Å². The highest BCUT2D eigenvalue weighted by Gasteiger charge is 2.35. The number of hydrogen-bond acceptors (Lipinski definition) is 5. The lowest BCUT2D eigenvalue weighted by Gasteiger charge is -2.20. The van der Waals surface area contributed by atoms with Gasteiger partial charge in [-0.05, 0) is 23.8 Å². The molecule has 1 fully saturated rings. The second-order valence-corrected chi connectivity index (χ2v) is 11.0. The molecule has 0 aromatic carbocycles. The molecule has 8 heteroatoms. The van der Waals surface area contributed by atoms with Crippen molar-refractivity contribution in [3.05, 3.63) is 22.4 Å². The Kier molecular flexibility index (Phi) is 5.12. The summed E-state index contributed by atoms with van der Waals surface area (Å²) in [5.74, 6) is -0.00757. The summed E-state index contributed by atoms with van der Waals surface area (Å²) in [4.78, 5) is 0.804. The maximum Gasteiger partial charge on any atom is 0.214 e. The average molecular weight is 352 g/mol. The third-order valence-electron chi connectivity index (χ3n) is 3.50. The lowest BCUT2D eigenvalue weighted by Crippen LogP contribution is -2.36. The van der Waals surface area contributed by atoms with Crippen LogP contribution in [0.4, 0.5) is 0 Å². The Morgan fingerprint density at radius 2 is 2.10 bits per heavy atom. The summed E-state index contributed by atoms with van der Waals surface area (Å²) in [7, 11) is -6.68. The summed E-state index contributed by atoms with van der Waals surface area (Å²) in [5.41, 5.74) is 0. The minimum absolute atomic E-state index is 0.0305. The zero-order valence-electron chi connectivity index (χ0n) is 12.2. The van der Waals surface area contributed by atoms with Crippen molar-refractivity contribution < 1.29 is 16.8 Å². The Balaban J connectivity index is 2.21. The topological polar surface area (TPSA) is 71.5 Å². The molecule has 2 rings (SSSR count). The summed E-state index contributed by atoms with van der Waals surface area (Å²) >= 11 is 1.41. The van der Waals surface area contributed by atoms with Crippen LogP contribution in [0.25, 0.3) is 0 Å². The molecule has 120 valence electrons. The zero-order valence-corrected chi connectivity index (χ0v) is 14.7. The number of sulfonamides is 1. The molecule has 0 bridgehead atoms. The predicted molar refractivity (Wildman–Crippen MR) is 85.7 cm³/mol. The monoisotopic (exact) mass is 351 g/mol. The fourth-order valence-corrected chi connectivity index (χ4v) is 7.45. The van der Waals surface area contributed by atoms with E-state index >= 15 is 0 Å². The molecule has 1 aliphatic rings. The second-order valence-electron chi connectivity index (χ2n) is 5.73. The lowest BCUT2D eigenvalue weighted by atomic mass is 10.2. The van der Waals surface area contributed by atoms with Gasteiger partial charge in [0.1, 0.15) is 0 Å². The maximum atomic E-state index is 12.4. The smallest absolute Gasteiger partial charge is 0.214 e. The van der Waals surface area contributed by atoms with Crippen LogP contribution in [0, 0.1) is 5.92 Å². The average Bonchev–Trinajstić information content (AvgIpc) is 2.79. The van der Waals surface area contributed by atoms with E-state index in [0.717, 1.165) is 4.88 Å². The number of sulfone groups is 1. The van der Waals surface area contributed by atoms with Crippen molar-refractivity contribution in [1.29, 1.82) is 0 Å². The van der Waals surface area contributed by atoms with E-state index in [4.69, 9.17) is 0 Å². The first-order chi connectivity index (χ1) is 9.72. The third kappa shape index (κ3) is 4.06. The van der Waals surface area contributed by atoms with E-state index in [1.54, 1.807) is 0 Å². The van der Waals surface area contributed by atoms with Gasteiger partial charge in [0.25, 0.3) is 0 Å². The van der Waals surface area contributed by atoms with Crippen molar-refractivity contribution in [2.24, 2.45) is 5.92 Å². The lowest BCUT2D eigenvalue weighted by molar-refractivity contribution is 0.424. The molecule has 5 nitrogen and oxygen atoms in total. The van der Waals surface area contributed by atoms with Crippen molar-refractivity contribution in [2.45, 2.75) is 25.5 Å². The summed E-state index contributed by atoms with van der Waals surface area (Å²) in [6, 6.07) is 3.64. The maximum absolute atomic E-state index is 12.4. The highest BCUT2D eigenvalue weighted by atomic mass is 32.2. The summed E-state index contributed by atoms with van der Waals surface area (Å²) in [6.45, 7) is 4.04. The van der Waals surface area contributed by atoms with Crippen molar-refractivity contribution in [3.63, 3.8) is 0 Å². The molecule has 0 saturated carbocycles. The molecule has 0 radical (unpaired) electrons. The number of hydrogen-bond donors (Lipinski definition) is 0. The normalized spacial score (nSPS) is 24.0. The van der Waals surface area contributed by atoms with Gasteiger partial charge in [-0.3, -0.25) is 0 Å². The third-order valence-corrected chi connectivity index (χ3v) is 8.98. The molecule has 1 aromatic heterocycles. The van der Waals surface area contributed by atoms with Gasteiger partial charge in [0.15, 0.2) is 9.84 Å². The van der Waals surface area contributed by atoms with E-state index < -0.39 is 25.1 Å². The number of nitrogens with zero attached hydrogens (tertiary/aromatic N) is 1. The van der Waals surface area contributed by atoms with Gasteiger partial charge < -0.3 is 0 Å². The van der Waals surface area contributed by atoms with Crippen molar-refractivity contribution in [2.75, 3.05) is 24.6 Å². The second kappa shape index (κ2) is 6.36. The number of thiophene rings is 1. The first-order valence-electron chi connectivity index (χ1n) is 6.95. The molecule has 21 heavy (non-hydrogen) atoms. The van der Waals surface area contributed by atoms with E-state index in [9.17, 15) is 16.8 Å². The van der Waals surface area contributed by atoms with Gasteiger partial charge in [0, 0.05) is 18.0 Å². The Labute approximate surface area is 130 Å². The molecule has 0 amide bonds. The Morgan fingerprint density at radius 1 is 1.38 bits per heavy atom. The molecule has 1 aromatic rings. The largest absolute Gasteiger partial charge is 0.228 e. The van der Waals surface area contributed by atoms with Crippen LogP contribution in [0.3, 0.4) is 0 Å². The minimum atomic E-state index is -3.38. The van der Waals surface area contributed by atoms with Gasteiger partial charge in [-0.25, -0.2) is 21.1 Å². The molecule has 0 N–H and O–H groups in total.